The molecule has 0 nitrogen and oxygen atoms in total. The number of benzene rings is 2. The molecular formula is C13H7ClF3. The zero-order chi connectivity index (χ0) is 12.5. The average molecular weight is 256 g/mol. The van der Waals surface area contributed by atoms with Gasteiger partial charge in [0, 0.05) is 10.6 Å². The molecule has 0 heterocycles. The molecule has 0 atom stereocenters. The highest BCUT2D eigenvalue weighted by Gasteiger charge is 2.30. The Morgan fingerprint density at radius 2 is 1.88 bits per heavy atom. The Hall–Kier alpha value is -1.48. The van der Waals surface area contributed by atoms with Gasteiger partial charge in [0.05, 0.1) is 5.56 Å². The van der Waals surface area contributed by atoms with Crippen LogP contribution in [0.4, 0.5) is 13.2 Å². The van der Waals surface area contributed by atoms with Crippen molar-refractivity contribution in [3.8, 4) is 11.1 Å². The summed E-state index contributed by atoms with van der Waals surface area (Å²) in [7, 11) is 0. The minimum absolute atomic E-state index is 0.0828. The van der Waals surface area contributed by atoms with Crippen LogP contribution in [0, 0.1) is 6.07 Å². The molecule has 0 unspecified atom stereocenters. The monoisotopic (exact) mass is 255 g/mol. The van der Waals surface area contributed by atoms with Crippen LogP contribution < -0.4 is 0 Å². The molecule has 0 bridgehead atoms. The number of alkyl halides is 3. The molecule has 0 aliphatic carbocycles. The topological polar surface area (TPSA) is 0 Å². The standard InChI is InChI=1S/C13H7ClF3/c14-12-8-10(13(15,16)17)6-7-11(12)9-4-2-1-3-5-9/h1-2,4-8H. The van der Waals surface area contributed by atoms with Crippen LogP contribution in [0.25, 0.3) is 11.1 Å². The summed E-state index contributed by atoms with van der Waals surface area (Å²) < 4.78 is 37.3. The van der Waals surface area contributed by atoms with Crippen molar-refractivity contribution in [2.75, 3.05) is 0 Å². The van der Waals surface area contributed by atoms with Crippen LogP contribution in [0.2, 0.25) is 5.02 Å². The third kappa shape index (κ3) is 2.61. The number of hydrogen-bond donors (Lipinski definition) is 0. The van der Waals surface area contributed by atoms with E-state index in [1.54, 1.807) is 24.3 Å². The summed E-state index contributed by atoms with van der Waals surface area (Å²) in [6, 6.07) is 13.1. The van der Waals surface area contributed by atoms with Crippen LogP contribution in [-0.2, 0) is 6.18 Å². The maximum Gasteiger partial charge on any atom is 0.416 e. The van der Waals surface area contributed by atoms with E-state index in [0.29, 0.717) is 5.56 Å². The van der Waals surface area contributed by atoms with Gasteiger partial charge in [-0.05, 0) is 29.8 Å². The first kappa shape index (κ1) is 12.0. The summed E-state index contributed by atoms with van der Waals surface area (Å²) in [5, 5.41) is 0.0828. The Kier molecular flexibility index (Phi) is 3.11. The molecule has 87 valence electrons. The van der Waals surface area contributed by atoms with E-state index >= 15 is 0 Å². The molecule has 0 aromatic heterocycles. The fourth-order valence-corrected chi connectivity index (χ4v) is 1.78. The SMILES string of the molecule is FC(F)(F)c1ccc(-c2c[c]ccc2)c(Cl)c1. The van der Waals surface area contributed by atoms with Gasteiger partial charge in [-0.25, -0.2) is 0 Å². The number of halogens is 4. The lowest BCUT2D eigenvalue weighted by atomic mass is 10.0. The molecule has 0 spiro atoms. The first-order valence-corrected chi connectivity index (χ1v) is 5.19. The molecule has 0 N–H and O–H groups in total. The average Bonchev–Trinajstić information content (AvgIpc) is 2.29. The fraction of sp³-hybridized carbons (Fsp3) is 0.0769. The summed E-state index contributed by atoms with van der Waals surface area (Å²) in [4.78, 5) is 0. The highest BCUT2D eigenvalue weighted by Crippen LogP contribution is 2.35. The second-order valence-corrected chi connectivity index (χ2v) is 3.89. The van der Waals surface area contributed by atoms with Crippen molar-refractivity contribution in [2.45, 2.75) is 6.18 Å². The molecule has 0 aliphatic heterocycles. The lowest BCUT2D eigenvalue weighted by Gasteiger charge is -2.09. The van der Waals surface area contributed by atoms with Gasteiger partial charge < -0.3 is 0 Å². The maximum atomic E-state index is 12.4. The smallest absolute Gasteiger partial charge is 0.166 e. The van der Waals surface area contributed by atoms with Crippen molar-refractivity contribution in [3.05, 3.63) is 59.1 Å². The fourth-order valence-electron chi connectivity index (χ4n) is 1.49. The minimum Gasteiger partial charge on any atom is -0.166 e. The Labute approximate surface area is 102 Å². The van der Waals surface area contributed by atoms with Crippen molar-refractivity contribution in [2.24, 2.45) is 0 Å². The van der Waals surface area contributed by atoms with Crippen LogP contribution >= 0.6 is 11.6 Å². The Morgan fingerprint density at radius 1 is 1.12 bits per heavy atom. The van der Waals surface area contributed by atoms with Gasteiger partial charge in [0.1, 0.15) is 0 Å². The molecule has 1 radical (unpaired) electrons. The van der Waals surface area contributed by atoms with E-state index in [2.05, 4.69) is 6.07 Å². The third-order valence-electron chi connectivity index (χ3n) is 2.31. The van der Waals surface area contributed by atoms with Gasteiger partial charge in [-0.2, -0.15) is 13.2 Å². The molecule has 17 heavy (non-hydrogen) atoms. The van der Waals surface area contributed by atoms with Gasteiger partial charge in [-0.15, -0.1) is 0 Å². The van der Waals surface area contributed by atoms with E-state index in [-0.39, 0.29) is 5.02 Å². The Morgan fingerprint density at radius 3 is 2.41 bits per heavy atom. The van der Waals surface area contributed by atoms with Crippen LogP contribution in [-0.4, -0.2) is 0 Å². The van der Waals surface area contributed by atoms with Crippen LogP contribution in [0.5, 0.6) is 0 Å². The van der Waals surface area contributed by atoms with E-state index in [1.165, 1.54) is 6.07 Å². The third-order valence-corrected chi connectivity index (χ3v) is 2.63. The van der Waals surface area contributed by atoms with Gasteiger partial charge in [-0.1, -0.05) is 35.9 Å². The van der Waals surface area contributed by atoms with Gasteiger partial charge >= 0.3 is 6.18 Å². The van der Waals surface area contributed by atoms with E-state index in [9.17, 15) is 13.2 Å². The molecule has 2 rings (SSSR count). The highest BCUT2D eigenvalue weighted by atomic mass is 35.5. The summed E-state index contributed by atoms with van der Waals surface area (Å²) >= 11 is 5.86. The zero-order valence-corrected chi connectivity index (χ0v) is 9.31. The first-order valence-electron chi connectivity index (χ1n) is 4.82. The minimum atomic E-state index is -4.37. The summed E-state index contributed by atoms with van der Waals surface area (Å²) in [5.74, 6) is 0. The molecule has 4 heteroatoms. The molecule has 0 fully saturated rings. The zero-order valence-electron chi connectivity index (χ0n) is 8.55. The summed E-state index contributed by atoms with van der Waals surface area (Å²) in [5.41, 5.74) is 0.564. The van der Waals surface area contributed by atoms with E-state index in [1.807, 2.05) is 0 Å². The molecule has 0 aliphatic rings. The van der Waals surface area contributed by atoms with Gasteiger partial charge in [0.25, 0.3) is 0 Å². The molecule has 2 aromatic carbocycles. The van der Waals surface area contributed by atoms with Crippen molar-refractivity contribution in [1.82, 2.24) is 0 Å². The second-order valence-electron chi connectivity index (χ2n) is 3.48. The molecule has 0 amide bonds. The van der Waals surface area contributed by atoms with Crippen molar-refractivity contribution < 1.29 is 13.2 Å². The maximum absolute atomic E-state index is 12.4. The Balaban J connectivity index is 2.46. The summed E-state index contributed by atoms with van der Waals surface area (Å²) in [6.07, 6.45) is -4.37. The molecule has 0 saturated carbocycles. The molecular weight excluding hydrogens is 249 g/mol. The van der Waals surface area contributed by atoms with Gasteiger partial charge in [-0.3, -0.25) is 0 Å². The van der Waals surface area contributed by atoms with Crippen LogP contribution in [0.3, 0.4) is 0 Å². The van der Waals surface area contributed by atoms with Crippen molar-refractivity contribution >= 4 is 11.6 Å². The van der Waals surface area contributed by atoms with E-state index in [0.717, 1.165) is 17.7 Å². The normalized spacial score (nSPS) is 11.5. The van der Waals surface area contributed by atoms with E-state index in [4.69, 9.17) is 11.6 Å². The predicted molar refractivity (Wildman–Crippen MR) is 60.7 cm³/mol. The first-order chi connectivity index (χ1) is 7.98. The Bertz CT molecular complexity index is 518. The van der Waals surface area contributed by atoms with Crippen LogP contribution in [0.1, 0.15) is 5.56 Å². The molecule has 0 saturated heterocycles. The number of hydrogen-bond acceptors (Lipinski definition) is 0. The second kappa shape index (κ2) is 4.41. The largest absolute Gasteiger partial charge is 0.416 e. The quantitative estimate of drug-likeness (QED) is 0.685. The summed E-state index contributed by atoms with van der Waals surface area (Å²) in [6.45, 7) is 0. The van der Waals surface area contributed by atoms with Gasteiger partial charge in [0.15, 0.2) is 0 Å². The lowest BCUT2D eigenvalue weighted by Crippen LogP contribution is -2.04. The lowest BCUT2D eigenvalue weighted by molar-refractivity contribution is -0.137. The predicted octanol–water partition coefficient (Wildman–Crippen LogP) is 4.83. The molecule has 2 aromatic rings. The van der Waals surface area contributed by atoms with E-state index < -0.39 is 11.7 Å². The highest BCUT2D eigenvalue weighted by molar-refractivity contribution is 6.33. The number of rotatable bonds is 1. The van der Waals surface area contributed by atoms with Crippen molar-refractivity contribution in [3.63, 3.8) is 0 Å². The van der Waals surface area contributed by atoms with Crippen molar-refractivity contribution in [1.29, 1.82) is 0 Å². The van der Waals surface area contributed by atoms with Crippen LogP contribution in [0.15, 0.2) is 42.5 Å². The van der Waals surface area contributed by atoms with Gasteiger partial charge in [0.2, 0.25) is 0 Å².